The zero-order valence-electron chi connectivity index (χ0n) is 8.88. The van der Waals surface area contributed by atoms with E-state index in [4.69, 9.17) is 10.5 Å². The minimum atomic E-state index is -0.0391. The van der Waals surface area contributed by atoms with Crippen molar-refractivity contribution in [2.45, 2.75) is 32.2 Å². The Hall–Kier alpha value is -0.120. The summed E-state index contributed by atoms with van der Waals surface area (Å²) in [7, 11) is 0. The van der Waals surface area contributed by atoms with Crippen molar-refractivity contribution >= 4 is 0 Å². The molecule has 0 aromatic carbocycles. The van der Waals surface area contributed by atoms with E-state index in [0.717, 1.165) is 45.7 Å². The molecule has 0 spiro atoms. The third-order valence-electron chi connectivity index (χ3n) is 2.95. The van der Waals surface area contributed by atoms with Crippen molar-refractivity contribution in [3.63, 3.8) is 0 Å². The lowest BCUT2D eigenvalue weighted by atomic mass is 9.96. The first kappa shape index (κ1) is 11.0. The van der Waals surface area contributed by atoms with Gasteiger partial charge in [-0.3, -0.25) is 0 Å². The van der Waals surface area contributed by atoms with Crippen molar-refractivity contribution in [3.8, 4) is 0 Å². The normalized spacial score (nSPS) is 28.6. The van der Waals surface area contributed by atoms with Crippen LogP contribution in [0.2, 0.25) is 0 Å². The molecule has 1 fully saturated rings. The third kappa shape index (κ3) is 3.25. The average molecular weight is 186 g/mol. The largest absolute Gasteiger partial charge is 0.379 e. The lowest BCUT2D eigenvalue weighted by Crippen LogP contribution is -2.43. The van der Waals surface area contributed by atoms with Crippen LogP contribution in [0.4, 0.5) is 0 Å². The zero-order chi connectivity index (χ0) is 9.73. The molecule has 0 bridgehead atoms. The first-order valence-corrected chi connectivity index (χ1v) is 5.29. The van der Waals surface area contributed by atoms with E-state index in [-0.39, 0.29) is 5.54 Å². The molecule has 78 valence electrons. The summed E-state index contributed by atoms with van der Waals surface area (Å²) >= 11 is 0. The topological polar surface area (TPSA) is 38.5 Å². The van der Waals surface area contributed by atoms with E-state index >= 15 is 0 Å². The Morgan fingerprint density at radius 3 is 2.54 bits per heavy atom. The van der Waals surface area contributed by atoms with Gasteiger partial charge in [0.25, 0.3) is 0 Å². The van der Waals surface area contributed by atoms with Crippen LogP contribution < -0.4 is 5.73 Å². The van der Waals surface area contributed by atoms with Gasteiger partial charge in [0, 0.05) is 12.1 Å². The summed E-state index contributed by atoms with van der Waals surface area (Å²) in [5, 5.41) is 0. The van der Waals surface area contributed by atoms with Gasteiger partial charge in [-0.2, -0.15) is 0 Å². The van der Waals surface area contributed by atoms with E-state index in [1.165, 1.54) is 0 Å². The van der Waals surface area contributed by atoms with Gasteiger partial charge in [0.1, 0.15) is 0 Å². The molecule has 1 unspecified atom stereocenters. The van der Waals surface area contributed by atoms with Crippen LogP contribution >= 0.6 is 0 Å². The summed E-state index contributed by atoms with van der Waals surface area (Å²) in [5.41, 5.74) is 6.13. The van der Waals surface area contributed by atoms with Crippen molar-refractivity contribution in [2.24, 2.45) is 5.73 Å². The molecule has 2 N–H and O–H groups in total. The van der Waals surface area contributed by atoms with Crippen LogP contribution in [-0.4, -0.2) is 43.3 Å². The van der Waals surface area contributed by atoms with Crippen molar-refractivity contribution in [1.29, 1.82) is 0 Å². The highest BCUT2D eigenvalue weighted by Gasteiger charge is 2.30. The lowest BCUT2D eigenvalue weighted by molar-refractivity contribution is 0.168. The van der Waals surface area contributed by atoms with Crippen LogP contribution in [0.3, 0.4) is 0 Å². The van der Waals surface area contributed by atoms with Crippen LogP contribution in [-0.2, 0) is 4.74 Å². The highest BCUT2D eigenvalue weighted by Crippen LogP contribution is 2.19. The molecule has 0 radical (unpaired) electrons. The molecule has 1 aliphatic heterocycles. The molecule has 1 aliphatic rings. The van der Waals surface area contributed by atoms with Crippen LogP contribution in [0.5, 0.6) is 0 Å². The number of rotatable bonds is 5. The maximum Gasteiger partial charge on any atom is 0.0647 e. The fraction of sp³-hybridized carbons (Fsp3) is 1.00. The van der Waals surface area contributed by atoms with Gasteiger partial charge in [-0.1, -0.05) is 13.8 Å². The smallest absolute Gasteiger partial charge is 0.0647 e. The third-order valence-corrected chi connectivity index (χ3v) is 2.95. The van der Waals surface area contributed by atoms with E-state index in [9.17, 15) is 0 Å². The summed E-state index contributed by atoms with van der Waals surface area (Å²) in [6.07, 6.45) is 2.09. The molecule has 13 heavy (non-hydrogen) atoms. The molecule has 0 aromatic heterocycles. The maximum absolute atomic E-state index is 6.17. The minimum absolute atomic E-state index is 0.0391. The van der Waals surface area contributed by atoms with E-state index in [1.807, 2.05) is 0 Å². The molecule has 1 rings (SSSR count). The predicted molar refractivity (Wildman–Crippen MR) is 54.8 cm³/mol. The number of hydrogen-bond acceptors (Lipinski definition) is 3. The molecule has 0 aliphatic carbocycles. The van der Waals surface area contributed by atoms with E-state index in [2.05, 4.69) is 18.7 Å². The Labute approximate surface area is 81.2 Å². The summed E-state index contributed by atoms with van der Waals surface area (Å²) < 4.78 is 5.32. The van der Waals surface area contributed by atoms with Crippen LogP contribution in [0, 0.1) is 0 Å². The Bertz CT molecular complexity index is 140. The Morgan fingerprint density at radius 2 is 2.08 bits per heavy atom. The van der Waals surface area contributed by atoms with Gasteiger partial charge >= 0.3 is 0 Å². The van der Waals surface area contributed by atoms with Crippen molar-refractivity contribution < 1.29 is 4.74 Å². The summed E-state index contributed by atoms with van der Waals surface area (Å²) in [4.78, 5) is 2.41. The SMILES string of the molecule is CCN(CC)CCC1(N)CCOC1. The minimum Gasteiger partial charge on any atom is -0.379 e. The van der Waals surface area contributed by atoms with Gasteiger partial charge < -0.3 is 15.4 Å². The Morgan fingerprint density at radius 1 is 1.38 bits per heavy atom. The molecule has 0 aromatic rings. The monoisotopic (exact) mass is 186 g/mol. The molecular weight excluding hydrogens is 164 g/mol. The van der Waals surface area contributed by atoms with Gasteiger partial charge in [0.05, 0.1) is 6.61 Å². The molecular formula is C10H22N2O. The number of nitrogens with two attached hydrogens (primary N) is 1. The lowest BCUT2D eigenvalue weighted by Gasteiger charge is -2.26. The second kappa shape index (κ2) is 4.94. The fourth-order valence-electron chi connectivity index (χ4n) is 1.74. The number of nitrogens with zero attached hydrogens (tertiary/aromatic N) is 1. The van der Waals surface area contributed by atoms with Crippen LogP contribution in [0.25, 0.3) is 0 Å². The predicted octanol–water partition coefficient (Wildman–Crippen LogP) is 0.836. The van der Waals surface area contributed by atoms with Gasteiger partial charge in [0.2, 0.25) is 0 Å². The quantitative estimate of drug-likeness (QED) is 0.691. The summed E-state index contributed by atoms with van der Waals surface area (Å²) in [6.45, 7) is 9.31. The fourth-order valence-corrected chi connectivity index (χ4v) is 1.74. The molecule has 3 nitrogen and oxygen atoms in total. The number of hydrogen-bond donors (Lipinski definition) is 1. The standard InChI is InChI=1S/C10H22N2O/c1-3-12(4-2)7-5-10(11)6-8-13-9-10/h3-9,11H2,1-2H3. The van der Waals surface area contributed by atoms with Crippen LogP contribution in [0.1, 0.15) is 26.7 Å². The molecule has 0 saturated carbocycles. The average Bonchev–Trinajstić information content (AvgIpc) is 2.55. The summed E-state index contributed by atoms with van der Waals surface area (Å²) in [5.74, 6) is 0. The molecule has 1 heterocycles. The van der Waals surface area contributed by atoms with Crippen molar-refractivity contribution in [2.75, 3.05) is 32.8 Å². The molecule has 1 atom stereocenters. The first-order valence-electron chi connectivity index (χ1n) is 5.29. The number of ether oxygens (including phenoxy) is 1. The van der Waals surface area contributed by atoms with E-state index in [0.29, 0.717) is 0 Å². The Balaban J connectivity index is 2.23. The summed E-state index contributed by atoms with van der Waals surface area (Å²) in [6, 6.07) is 0. The second-order valence-electron chi connectivity index (χ2n) is 3.94. The van der Waals surface area contributed by atoms with Crippen molar-refractivity contribution in [3.05, 3.63) is 0 Å². The van der Waals surface area contributed by atoms with E-state index in [1.54, 1.807) is 0 Å². The highest BCUT2D eigenvalue weighted by atomic mass is 16.5. The van der Waals surface area contributed by atoms with Gasteiger partial charge in [-0.15, -0.1) is 0 Å². The van der Waals surface area contributed by atoms with Gasteiger partial charge in [-0.05, 0) is 32.5 Å². The van der Waals surface area contributed by atoms with Crippen LogP contribution in [0.15, 0.2) is 0 Å². The molecule has 1 saturated heterocycles. The highest BCUT2D eigenvalue weighted by molar-refractivity contribution is 4.88. The van der Waals surface area contributed by atoms with Gasteiger partial charge in [-0.25, -0.2) is 0 Å². The van der Waals surface area contributed by atoms with E-state index < -0.39 is 0 Å². The molecule has 0 amide bonds. The van der Waals surface area contributed by atoms with Gasteiger partial charge in [0.15, 0.2) is 0 Å². The Kier molecular flexibility index (Phi) is 4.16. The first-order chi connectivity index (χ1) is 6.20. The zero-order valence-corrected chi connectivity index (χ0v) is 8.88. The second-order valence-corrected chi connectivity index (χ2v) is 3.94. The van der Waals surface area contributed by atoms with Crippen molar-refractivity contribution in [1.82, 2.24) is 4.90 Å². The maximum atomic E-state index is 6.17. The molecule has 3 heteroatoms.